The molecule has 0 unspecified atom stereocenters. The molecule has 0 spiro atoms. The molecule has 0 aromatic heterocycles. The third-order valence-electron chi connectivity index (χ3n) is 1.71. The van der Waals surface area contributed by atoms with Crippen LogP contribution in [0.1, 0.15) is 22.3 Å². The molecule has 1 aromatic rings. The Bertz CT molecular complexity index is 500. The van der Waals surface area contributed by atoms with Crippen LogP contribution in [0.5, 0.6) is 0 Å². The maximum Gasteiger partial charge on any atom is 0.338 e. The van der Waals surface area contributed by atoms with Crippen molar-refractivity contribution in [1.29, 1.82) is 0 Å². The molecule has 0 heterocycles. The van der Waals surface area contributed by atoms with Gasteiger partial charge in [0.1, 0.15) is 0 Å². The average Bonchev–Trinajstić information content (AvgIpc) is 2.19. The molecule has 0 aliphatic rings. The highest BCUT2D eigenvalue weighted by atomic mass is 19.1. The smallest absolute Gasteiger partial charge is 0.338 e. The first-order chi connectivity index (χ1) is 7.52. The lowest BCUT2D eigenvalue weighted by molar-refractivity contribution is -0.117. The number of amides is 1. The zero-order valence-electron chi connectivity index (χ0n) is 8.16. The number of nitrogens with two attached hydrogens (primary N) is 1. The van der Waals surface area contributed by atoms with Crippen LogP contribution in [0.15, 0.2) is 18.2 Å². The monoisotopic (exact) mass is 221 g/mol. The summed E-state index contributed by atoms with van der Waals surface area (Å²) in [5.74, 6) is 1.80. The number of benzene rings is 1. The Labute approximate surface area is 90.9 Å². The van der Waals surface area contributed by atoms with Gasteiger partial charge in [-0.05, 0) is 12.1 Å². The zero-order valence-corrected chi connectivity index (χ0v) is 8.16. The quantitative estimate of drug-likeness (QED) is 0.723. The van der Waals surface area contributed by atoms with E-state index in [0.717, 1.165) is 6.07 Å². The number of carbonyl (C=O) groups excluding carboxylic acids is 1. The molecule has 0 radical (unpaired) electrons. The van der Waals surface area contributed by atoms with Crippen molar-refractivity contribution < 1.29 is 19.1 Å². The van der Waals surface area contributed by atoms with Gasteiger partial charge in [-0.2, -0.15) is 0 Å². The SMILES string of the molecule is NC(=O)CC#Cc1cccc(C(=O)O)c1F. The number of carboxylic acid groups (broad SMARTS) is 1. The summed E-state index contributed by atoms with van der Waals surface area (Å²) in [5.41, 5.74) is 4.32. The average molecular weight is 221 g/mol. The summed E-state index contributed by atoms with van der Waals surface area (Å²) >= 11 is 0. The summed E-state index contributed by atoms with van der Waals surface area (Å²) in [6, 6.07) is 3.84. The number of rotatable bonds is 2. The zero-order chi connectivity index (χ0) is 12.1. The minimum atomic E-state index is -1.36. The van der Waals surface area contributed by atoms with E-state index >= 15 is 0 Å². The van der Waals surface area contributed by atoms with Gasteiger partial charge in [0.05, 0.1) is 17.5 Å². The fraction of sp³-hybridized carbons (Fsp3) is 0.0909. The number of carboxylic acids is 1. The van der Waals surface area contributed by atoms with E-state index in [1.54, 1.807) is 0 Å². The first-order valence-electron chi connectivity index (χ1n) is 4.31. The molecule has 4 nitrogen and oxygen atoms in total. The predicted molar refractivity (Wildman–Crippen MR) is 54.0 cm³/mol. The van der Waals surface area contributed by atoms with E-state index in [4.69, 9.17) is 10.8 Å². The van der Waals surface area contributed by atoms with Gasteiger partial charge in [0.25, 0.3) is 0 Å². The molecule has 1 rings (SSSR count). The van der Waals surface area contributed by atoms with Gasteiger partial charge >= 0.3 is 5.97 Å². The van der Waals surface area contributed by atoms with Crippen LogP contribution in [0.2, 0.25) is 0 Å². The molecule has 0 saturated carbocycles. The molecule has 0 aliphatic heterocycles. The van der Waals surface area contributed by atoms with Crippen LogP contribution in [0.3, 0.4) is 0 Å². The molecule has 3 N–H and O–H groups in total. The summed E-state index contributed by atoms with van der Waals surface area (Å²) < 4.78 is 13.4. The highest BCUT2D eigenvalue weighted by Crippen LogP contribution is 2.11. The fourth-order valence-corrected chi connectivity index (χ4v) is 1.02. The molecule has 0 aliphatic carbocycles. The van der Waals surface area contributed by atoms with Crippen molar-refractivity contribution in [3.05, 3.63) is 35.1 Å². The van der Waals surface area contributed by atoms with Crippen LogP contribution in [-0.4, -0.2) is 17.0 Å². The minimum Gasteiger partial charge on any atom is -0.478 e. The molecule has 16 heavy (non-hydrogen) atoms. The summed E-state index contributed by atoms with van der Waals surface area (Å²) in [4.78, 5) is 21.0. The van der Waals surface area contributed by atoms with E-state index in [1.807, 2.05) is 0 Å². The molecule has 0 saturated heterocycles. The molecule has 1 amide bonds. The lowest BCUT2D eigenvalue weighted by Crippen LogP contribution is -2.08. The highest BCUT2D eigenvalue weighted by molar-refractivity contribution is 5.88. The van der Waals surface area contributed by atoms with E-state index < -0.39 is 23.3 Å². The van der Waals surface area contributed by atoms with Crippen LogP contribution < -0.4 is 5.73 Å². The van der Waals surface area contributed by atoms with Gasteiger partial charge in [-0.3, -0.25) is 4.79 Å². The van der Waals surface area contributed by atoms with Crippen molar-refractivity contribution in [2.45, 2.75) is 6.42 Å². The van der Waals surface area contributed by atoms with Crippen molar-refractivity contribution in [3.8, 4) is 11.8 Å². The van der Waals surface area contributed by atoms with Crippen molar-refractivity contribution in [1.82, 2.24) is 0 Å². The number of hydrogen-bond acceptors (Lipinski definition) is 2. The number of carbonyl (C=O) groups is 2. The lowest BCUT2D eigenvalue weighted by atomic mass is 10.1. The molecule has 0 atom stereocenters. The van der Waals surface area contributed by atoms with Gasteiger partial charge in [-0.25, -0.2) is 9.18 Å². The summed E-state index contributed by atoms with van der Waals surface area (Å²) in [7, 11) is 0. The normalized spacial score (nSPS) is 9.06. The van der Waals surface area contributed by atoms with Crippen molar-refractivity contribution in [3.63, 3.8) is 0 Å². The molecule has 5 heteroatoms. The van der Waals surface area contributed by atoms with E-state index in [2.05, 4.69) is 11.8 Å². The Morgan fingerprint density at radius 2 is 2.12 bits per heavy atom. The van der Waals surface area contributed by atoms with E-state index in [1.165, 1.54) is 12.1 Å². The van der Waals surface area contributed by atoms with E-state index in [9.17, 15) is 14.0 Å². The number of hydrogen-bond donors (Lipinski definition) is 2. The molecule has 82 valence electrons. The molecule has 1 aromatic carbocycles. The van der Waals surface area contributed by atoms with Crippen molar-refractivity contribution in [2.24, 2.45) is 5.73 Å². The number of halogens is 1. The Balaban J connectivity index is 3.05. The largest absolute Gasteiger partial charge is 0.478 e. The third-order valence-corrected chi connectivity index (χ3v) is 1.71. The van der Waals surface area contributed by atoms with Crippen LogP contribution in [0, 0.1) is 17.7 Å². The van der Waals surface area contributed by atoms with Gasteiger partial charge in [0.15, 0.2) is 5.82 Å². The first kappa shape index (κ1) is 11.7. The Hall–Kier alpha value is -2.35. The number of primary amides is 1. The minimum absolute atomic E-state index is 0.0684. The van der Waals surface area contributed by atoms with Gasteiger partial charge < -0.3 is 10.8 Å². The first-order valence-corrected chi connectivity index (χ1v) is 4.31. The van der Waals surface area contributed by atoms with Crippen LogP contribution >= 0.6 is 0 Å². The summed E-state index contributed by atoms with van der Waals surface area (Å²) in [6.45, 7) is 0. The van der Waals surface area contributed by atoms with Gasteiger partial charge in [0.2, 0.25) is 5.91 Å². The third kappa shape index (κ3) is 2.82. The maximum absolute atomic E-state index is 13.4. The second kappa shape index (κ2) is 4.94. The Morgan fingerprint density at radius 1 is 1.44 bits per heavy atom. The van der Waals surface area contributed by atoms with Gasteiger partial charge in [0, 0.05) is 0 Å². The maximum atomic E-state index is 13.4. The predicted octanol–water partition coefficient (Wildman–Crippen LogP) is 0.751. The number of aromatic carboxylic acids is 1. The Kier molecular flexibility index (Phi) is 3.62. The second-order valence-electron chi connectivity index (χ2n) is 2.92. The lowest BCUT2D eigenvalue weighted by Gasteiger charge is -1.98. The standard InChI is InChI=1S/C11H8FNO3/c12-10-7(4-2-6-9(13)14)3-1-5-8(10)11(15)16/h1,3,5H,6H2,(H2,13,14)(H,15,16). The molecular formula is C11H8FNO3. The van der Waals surface area contributed by atoms with Gasteiger partial charge in [-0.1, -0.05) is 17.9 Å². The Morgan fingerprint density at radius 3 is 2.69 bits per heavy atom. The van der Waals surface area contributed by atoms with Crippen LogP contribution in [0.4, 0.5) is 4.39 Å². The van der Waals surface area contributed by atoms with Crippen LogP contribution in [-0.2, 0) is 4.79 Å². The topological polar surface area (TPSA) is 80.4 Å². The van der Waals surface area contributed by atoms with Crippen molar-refractivity contribution >= 4 is 11.9 Å². The van der Waals surface area contributed by atoms with E-state index in [0.29, 0.717) is 0 Å². The van der Waals surface area contributed by atoms with Gasteiger partial charge in [-0.15, -0.1) is 0 Å². The second-order valence-corrected chi connectivity index (χ2v) is 2.92. The van der Waals surface area contributed by atoms with Crippen molar-refractivity contribution in [2.75, 3.05) is 0 Å². The summed E-state index contributed by atoms with van der Waals surface area (Å²) in [6.07, 6.45) is -0.198. The highest BCUT2D eigenvalue weighted by Gasteiger charge is 2.11. The fourth-order valence-electron chi connectivity index (χ4n) is 1.02. The van der Waals surface area contributed by atoms with E-state index in [-0.39, 0.29) is 12.0 Å². The summed E-state index contributed by atoms with van der Waals surface area (Å²) in [5, 5.41) is 8.64. The van der Waals surface area contributed by atoms with Crippen LogP contribution in [0.25, 0.3) is 0 Å². The molecular weight excluding hydrogens is 213 g/mol. The molecule has 0 bridgehead atoms. The molecule has 0 fully saturated rings.